The lowest BCUT2D eigenvalue weighted by molar-refractivity contribution is 1.05. The molecule has 0 spiro atoms. The van der Waals surface area contributed by atoms with Crippen molar-refractivity contribution in [1.82, 2.24) is 0 Å². The lowest BCUT2D eigenvalue weighted by Crippen LogP contribution is -1.95. The van der Waals surface area contributed by atoms with E-state index in [-0.39, 0.29) is 0 Å². The van der Waals surface area contributed by atoms with Gasteiger partial charge in [0.05, 0.1) is 0 Å². The minimum atomic E-state index is 1.00. The van der Waals surface area contributed by atoms with Gasteiger partial charge in [-0.3, -0.25) is 4.99 Å². The van der Waals surface area contributed by atoms with E-state index in [4.69, 9.17) is 0 Å². The van der Waals surface area contributed by atoms with Crippen LogP contribution in [0.3, 0.4) is 0 Å². The molecule has 0 unspecified atom stereocenters. The van der Waals surface area contributed by atoms with Crippen LogP contribution in [-0.4, -0.2) is 6.21 Å². The summed E-state index contributed by atoms with van der Waals surface area (Å²) in [7, 11) is 0. The molecule has 0 saturated heterocycles. The molecule has 8 aromatic carbocycles. The van der Waals surface area contributed by atoms with Crippen molar-refractivity contribution in [3.63, 3.8) is 0 Å². The molecule has 8 rings (SSSR count). The average Bonchev–Trinajstić information content (AvgIpc) is 3.46. The molecule has 0 amide bonds. The molecule has 75 heavy (non-hydrogen) atoms. The maximum atomic E-state index is 4.65. The smallest absolute Gasteiger partial charge is 0.0345 e. The molecule has 0 radical (unpaired) electrons. The van der Waals surface area contributed by atoms with E-state index < -0.39 is 0 Å². The Labute approximate surface area is 450 Å². The van der Waals surface area contributed by atoms with Crippen LogP contribution in [0, 0.1) is 0 Å². The maximum Gasteiger partial charge on any atom is 0.0345 e. The van der Waals surface area contributed by atoms with Crippen LogP contribution < -0.4 is 0 Å². The SMILES string of the molecule is C=C/C(=C\C)c1c2ccccc2c(-c2ccccc2)c2ccc(C(/C=C/CC)=C/C)cc12.C=C/C(=C\C)c1c2ccccc2c(-c2ccccc2)c2ccc(C(C=N/C=C(\C)CC)=C(C)C)cc12.CCC(C)=C(C)C. The summed E-state index contributed by atoms with van der Waals surface area (Å²) >= 11 is 0. The molecular weight excluding hydrogens is 903 g/mol. The topological polar surface area (TPSA) is 12.4 Å². The first-order valence-corrected chi connectivity index (χ1v) is 26.9. The Kier molecular flexibility index (Phi) is 20.6. The van der Waals surface area contributed by atoms with E-state index in [9.17, 15) is 0 Å². The Hall–Kier alpha value is -7.87. The molecule has 380 valence electrons. The molecule has 0 saturated carbocycles. The predicted molar refractivity (Wildman–Crippen MR) is 340 cm³/mol. The zero-order valence-corrected chi connectivity index (χ0v) is 47.0. The van der Waals surface area contributed by atoms with E-state index in [0.29, 0.717) is 0 Å². The fraction of sp³-hybridized carbons (Fsp3) is 0.203. The first kappa shape index (κ1) is 56.4. The third-order valence-electron chi connectivity index (χ3n) is 14.3. The predicted octanol–water partition coefficient (Wildman–Crippen LogP) is 22.8. The highest BCUT2D eigenvalue weighted by molar-refractivity contribution is 6.22. The lowest BCUT2D eigenvalue weighted by Gasteiger charge is -2.19. The van der Waals surface area contributed by atoms with E-state index in [1.165, 1.54) is 122 Å². The van der Waals surface area contributed by atoms with Gasteiger partial charge >= 0.3 is 0 Å². The summed E-state index contributed by atoms with van der Waals surface area (Å²) in [5, 5.41) is 10.0. The van der Waals surface area contributed by atoms with Crippen LogP contribution in [0.5, 0.6) is 0 Å². The molecule has 0 atom stereocenters. The summed E-state index contributed by atoms with van der Waals surface area (Å²) in [6, 6.07) is 52.7. The van der Waals surface area contributed by atoms with Crippen molar-refractivity contribution in [3.05, 3.63) is 252 Å². The summed E-state index contributed by atoms with van der Waals surface area (Å²) in [6.45, 7) is 34.0. The van der Waals surface area contributed by atoms with Gasteiger partial charge in [0.15, 0.2) is 0 Å². The number of aliphatic imine (C=N–C) groups is 1. The summed E-state index contributed by atoms with van der Waals surface area (Å²) in [4.78, 5) is 4.65. The largest absolute Gasteiger partial charge is 0.264 e. The molecule has 0 aromatic heterocycles. The second-order valence-electron chi connectivity index (χ2n) is 19.4. The molecule has 0 aliphatic carbocycles. The second-order valence-corrected chi connectivity index (χ2v) is 19.4. The van der Waals surface area contributed by atoms with Crippen molar-refractivity contribution in [2.45, 2.75) is 102 Å². The fourth-order valence-corrected chi connectivity index (χ4v) is 9.67. The Morgan fingerprint density at radius 1 is 0.453 bits per heavy atom. The zero-order valence-electron chi connectivity index (χ0n) is 47.0. The number of benzene rings is 8. The van der Waals surface area contributed by atoms with Crippen molar-refractivity contribution < 1.29 is 0 Å². The van der Waals surface area contributed by atoms with Crippen molar-refractivity contribution in [1.29, 1.82) is 0 Å². The van der Waals surface area contributed by atoms with Gasteiger partial charge in [-0.1, -0.05) is 232 Å². The molecule has 0 N–H and O–H groups in total. The van der Waals surface area contributed by atoms with Crippen LogP contribution in [-0.2, 0) is 0 Å². The quantitative estimate of drug-likeness (QED) is 0.0446. The highest BCUT2D eigenvalue weighted by Gasteiger charge is 2.19. The Balaban J connectivity index is 0.000000217. The van der Waals surface area contributed by atoms with Gasteiger partial charge in [0.1, 0.15) is 0 Å². The Bertz CT molecular complexity index is 3570. The average molecular weight is 982 g/mol. The molecule has 0 bridgehead atoms. The molecule has 1 heteroatoms. The lowest BCUT2D eigenvalue weighted by atomic mass is 9.84. The second kappa shape index (κ2) is 27.4. The van der Waals surface area contributed by atoms with Gasteiger partial charge < -0.3 is 0 Å². The molecule has 0 aliphatic heterocycles. The number of fused-ring (bicyclic) bond motifs is 4. The molecule has 1 nitrogen and oxygen atoms in total. The van der Waals surface area contributed by atoms with Crippen LogP contribution in [0.15, 0.2) is 235 Å². The first-order chi connectivity index (χ1) is 36.4. The highest BCUT2D eigenvalue weighted by atomic mass is 14.7. The van der Waals surface area contributed by atoms with Crippen molar-refractivity contribution >= 4 is 71.6 Å². The Morgan fingerprint density at radius 3 is 1.27 bits per heavy atom. The summed E-state index contributed by atoms with van der Waals surface area (Å²) in [5.41, 5.74) is 20.1. The van der Waals surface area contributed by atoms with Crippen LogP contribution in [0.4, 0.5) is 0 Å². The number of rotatable bonds is 14. The van der Waals surface area contributed by atoms with E-state index >= 15 is 0 Å². The number of hydrogen-bond acceptors (Lipinski definition) is 1. The van der Waals surface area contributed by atoms with Crippen LogP contribution >= 0.6 is 0 Å². The fourth-order valence-electron chi connectivity index (χ4n) is 9.67. The molecule has 0 fully saturated rings. The van der Waals surface area contributed by atoms with Gasteiger partial charge in [-0.25, -0.2) is 0 Å². The van der Waals surface area contributed by atoms with Gasteiger partial charge in [-0.15, -0.1) is 0 Å². The van der Waals surface area contributed by atoms with E-state index in [1.807, 2.05) is 24.6 Å². The van der Waals surface area contributed by atoms with Gasteiger partial charge in [-0.05, 0) is 204 Å². The third kappa shape index (κ3) is 13.1. The van der Waals surface area contributed by atoms with Crippen LogP contribution in [0.1, 0.15) is 125 Å². The van der Waals surface area contributed by atoms with Gasteiger partial charge in [0, 0.05) is 12.4 Å². The molecule has 0 aliphatic rings. The number of nitrogens with zero attached hydrogens (tertiary/aromatic N) is 1. The third-order valence-corrected chi connectivity index (χ3v) is 14.3. The van der Waals surface area contributed by atoms with Crippen LogP contribution in [0.2, 0.25) is 0 Å². The minimum absolute atomic E-state index is 1.00. The van der Waals surface area contributed by atoms with E-state index in [0.717, 1.165) is 29.6 Å². The van der Waals surface area contributed by atoms with Crippen molar-refractivity contribution in [2.24, 2.45) is 4.99 Å². The molecular formula is C74H79N. The maximum absolute atomic E-state index is 4.65. The van der Waals surface area contributed by atoms with Gasteiger partial charge in [0.25, 0.3) is 0 Å². The summed E-state index contributed by atoms with van der Waals surface area (Å²) in [6.07, 6.45) is 22.1. The number of hydrogen-bond donors (Lipinski definition) is 0. The normalized spacial score (nSPS) is 12.2. The standard InChI is InChI=1S/C35H35N.C32H30.C7H14/c1-7-25(6)22-36-23-33(24(4)5)28-19-20-31-32(21-28)34(26(8-2)9-3)29-17-13-14-18-30(29)35(31)27-15-11-10-12-16-27;1-5-9-15-24(8-4)26-20-21-29-30(22-26)31(23(6-2)7-3)27-18-13-14-19-28(27)32(29)25-16-11-10-12-17-25;1-5-7(4)6(2)3/h8-23H,2,7H2,1,3-6H3;6-22H,2,5H2,1,3-4H3;5H2,1-4H3/b25-22+,26-9+,36-23?;15-9+,23-7+,24-8+;. The monoisotopic (exact) mass is 982 g/mol. The van der Waals surface area contributed by atoms with Gasteiger partial charge in [-0.2, -0.15) is 0 Å². The van der Waals surface area contributed by atoms with Gasteiger partial charge in [0.2, 0.25) is 0 Å². The molecule has 8 aromatic rings. The summed E-state index contributed by atoms with van der Waals surface area (Å²) in [5.74, 6) is 0. The summed E-state index contributed by atoms with van der Waals surface area (Å²) < 4.78 is 0. The van der Waals surface area contributed by atoms with Crippen molar-refractivity contribution in [2.75, 3.05) is 0 Å². The van der Waals surface area contributed by atoms with Crippen molar-refractivity contribution in [3.8, 4) is 22.3 Å². The minimum Gasteiger partial charge on any atom is -0.264 e. The molecule has 0 heterocycles. The van der Waals surface area contributed by atoms with E-state index in [2.05, 4.69) is 277 Å². The van der Waals surface area contributed by atoms with Crippen LogP contribution in [0.25, 0.3) is 87.6 Å². The highest BCUT2D eigenvalue weighted by Crippen LogP contribution is 2.45. The Morgan fingerprint density at radius 2 is 0.880 bits per heavy atom. The number of allylic oxidation sites excluding steroid dienone is 15. The van der Waals surface area contributed by atoms with E-state index in [1.54, 1.807) is 0 Å². The zero-order chi connectivity index (χ0) is 54.0. The first-order valence-electron chi connectivity index (χ1n) is 26.9.